The molecule has 0 saturated carbocycles. The molecule has 0 aliphatic rings. The molecule has 0 aliphatic heterocycles. The Morgan fingerprint density at radius 2 is 1.67 bits per heavy atom. The van der Waals surface area contributed by atoms with E-state index < -0.39 is 25.7 Å². The first kappa shape index (κ1) is 19.6. The summed E-state index contributed by atoms with van der Waals surface area (Å²) in [4.78, 5) is 12.7. The van der Waals surface area contributed by atoms with E-state index in [1.807, 2.05) is 60.7 Å². The van der Waals surface area contributed by atoms with Gasteiger partial charge in [0.15, 0.2) is 13.8 Å². The van der Waals surface area contributed by atoms with E-state index >= 15 is 0 Å². The van der Waals surface area contributed by atoms with Crippen LogP contribution in [-0.4, -0.2) is 27.3 Å². The second kappa shape index (κ2) is 8.66. The molecule has 3 rings (SSSR count). The summed E-state index contributed by atoms with van der Waals surface area (Å²) in [5.41, 5.74) is 0.780. The Balaban J connectivity index is 1.79. The Hall–Kier alpha value is -2.20. The predicted octanol–water partition coefficient (Wildman–Crippen LogP) is 4.86. The third-order valence-electron chi connectivity index (χ3n) is 4.47. The highest BCUT2D eigenvalue weighted by Gasteiger charge is 2.43. The van der Waals surface area contributed by atoms with Crippen molar-refractivity contribution in [2.75, 3.05) is 5.75 Å². The minimum Gasteiger partial charge on any atom is -0.481 e. The van der Waals surface area contributed by atoms with Crippen molar-refractivity contribution in [3.8, 4) is 0 Å². The van der Waals surface area contributed by atoms with Crippen molar-refractivity contribution in [2.45, 2.75) is 16.7 Å². The average Bonchev–Trinajstić information content (AvgIpc) is 2.70. The van der Waals surface area contributed by atoms with Crippen LogP contribution in [0.1, 0.15) is 5.56 Å². The van der Waals surface area contributed by atoms with Crippen LogP contribution in [0.2, 0.25) is 0 Å². The molecule has 0 amide bonds. The number of rotatable bonds is 8. The number of benzene rings is 3. The number of carbonyl (C=O) groups is 1. The van der Waals surface area contributed by atoms with Crippen molar-refractivity contribution >= 4 is 37.0 Å². The molecule has 0 fully saturated rings. The number of hydrogen-bond acceptors (Lipinski definition) is 4. The van der Waals surface area contributed by atoms with E-state index in [1.165, 1.54) is 11.8 Å². The minimum atomic E-state index is -1.86. The molecular formula is C21H19O4PS. The van der Waals surface area contributed by atoms with Gasteiger partial charge in [-0.15, -0.1) is 11.8 Å². The molecule has 0 spiro atoms. The van der Waals surface area contributed by atoms with E-state index in [9.17, 15) is 19.6 Å². The molecule has 0 saturated heterocycles. The van der Waals surface area contributed by atoms with Gasteiger partial charge in [0.2, 0.25) is 0 Å². The number of thioether (sulfide) groups is 1. The topological polar surface area (TPSA) is 74.6 Å². The van der Waals surface area contributed by atoms with Crippen molar-refractivity contribution in [1.82, 2.24) is 0 Å². The summed E-state index contributed by atoms with van der Waals surface area (Å²) in [6.07, 6.45) is 0.111. The van der Waals surface area contributed by atoms with Gasteiger partial charge in [-0.2, -0.15) is 0 Å². The SMILES string of the molecule is O=PC(O)(CSc1ccc2ccccc2c1)C(Cc1ccccc1)C(=O)O. The predicted molar refractivity (Wildman–Crippen MR) is 109 cm³/mol. The molecule has 2 unspecified atom stereocenters. The highest BCUT2D eigenvalue weighted by atomic mass is 32.2. The molecule has 3 aromatic carbocycles. The van der Waals surface area contributed by atoms with Gasteiger partial charge in [-0.1, -0.05) is 60.7 Å². The highest BCUT2D eigenvalue weighted by Crippen LogP contribution is 2.37. The summed E-state index contributed by atoms with van der Waals surface area (Å²) in [5.74, 6) is -2.32. The normalized spacial score (nSPS) is 14.7. The molecular weight excluding hydrogens is 379 g/mol. The van der Waals surface area contributed by atoms with Crippen molar-refractivity contribution in [3.05, 3.63) is 78.4 Å². The van der Waals surface area contributed by atoms with E-state index in [0.29, 0.717) is 0 Å². The highest BCUT2D eigenvalue weighted by molar-refractivity contribution is 7.99. The first-order valence-corrected chi connectivity index (χ1v) is 10.3. The van der Waals surface area contributed by atoms with Gasteiger partial charge >= 0.3 is 5.97 Å². The van der Waals surface area contributed by atoms with Crippen LogP contribution >= 0.6 is 20.2 Å². The summed E-state index contributed by atoms with van der Waals surface area (Å²) >= 11 is 1.30. The summed E-state index contributed by atoms with van der Waals surface area (Å²) in [6, 6.07) is 22.9. The molecule has 138 valence electrons. The van der Waals surface area contributed by atoms with Crippen LogP contribution in [0.25, 0.3) is 10.8 Å². The Bertz CT molecular complexity index is 947. The minimum absolute atomic E-state index is 0.0141. The number of fused-ring (bicyclic) bond motifs is 1. The van der Waals surface area contributed by atoms with Crippen LogP contribution in [0.4, 0.5) is 0 Å². The Morgan fingerprint density at radius 3 is 2.33 bits per heavy atom. The van der Waals surface area contributed by atoms with Gasteiger partial charge in [0, 0.05) is 10.6 Å². The van der Waals surface area contributed by atoms with Gasteiger partial charge in [-0.05, 0) is 34.9 Å². The molecule has 0 bridgehead atoms. The van der Waals surface area contributed by atoms with Gasteiger partial charge < -0.3 is 10.2 Å². The average molecular weight is 398 g/mol. The zero-order chi connectivity index (χ0) is 19.3. The van der Waals surface area contributed by atoms with E-state index in [2.05, 4.69) is 0 Å². The van der Waals surface area contributed by atoms with Crippen molar-refractivity contribution in [2.24, 2.45) is 5.92 Å². The Kier molecular flexibility index (Phi) is 6.27. The molecule has 4 nitrogen and oxygen atoms in total. The summed E-state index contributed by atoms with van der Waals surface area (Å²) < 4.78 is 11.8. The second-order valence-electron chi connectivity index (χ2n) is 6.35. The maximum absolute atomic E-state index is 11.8. The van der Waals surface area contributed by atoms with Crippen molar-refractivity contribution in [1.29, 1.82) is 0 Å². The van der Waals surface area contributed by atoms with Crippen LogP contribution in [0.15, 0.2) is 77.7 Å². The summed E-state index contributed by atoms with van der Waals surface area (Å²) in [7, 11) is -0.591. The summed E-state index contributed by atoms with van der Waals surface area (Å²) in [6.45, 7) is 0. The number of aliphatic carboxylic acids is 1. The Labute approximate surface area is 163 Å². The van der Waals surface area contributed by atoms with Gasteiger partial charge in [0.1, 0.15) is 5.92 Å². The van der Waals surface area contributed by atoms with Crippen LogP contribution in [0, 0.1) is 5.92 Å². The molecule has 27 heavy (non-hydrogen) atoms. The zero-order valence-corrected chi connectivity index (χ0v) is 16.2. The van der Waals surface area contributed by atoms with E-state index in [0.717, 1.165) is 21.2 Å². The molecule has 3 aromatic rings. The molecule has 2 N–H and O–H groups in total. The fourth-order valence-corrected chi connectivity index (χ4v) is 4.62. The van der Waals surface area contributed by atoms with Crippen LogP contribution in [-0.2, 0) is 15.8 Å². The lowest BCUT2D eigenvalue weighted by Gasteiger charge is -2.27. The lowest BCUT2D eigenvalue weighted by molar-refractivity contribution is -0.146. The monoisotopic (exact) mass is 398 g/mol. The fourth-order valence-electron chi connectivity index (χ4n) is 2.94. The third kappa shape index (κ3) is 4.75. The van der Waals surface area contributed by atoms with Crippen molar-refractivity contribution in [3.63, 3.8) is 0 Å². The number of carboxylic acids is 1. The molecule has 0 radical (unpaired) electrons. The third-order valence-corrected chi connectivity index (χ3v) is 6.64. The summed E-state index contributed by atoms with van der Waals surface area (Å²) in [5, 5.41) is 20.8. The standard InChI is InChI=1S/C21H19O4PS/c22-20(23)19(12-15-6-2-1-3-7-15)21(24,26-25)14-27-18-11-10-16-8-4-5-9-17(16)13-18/h1-11,13,19,24H,12,14H2,(H,22,23). The van der Waals surface area contributed by atoms with E-state index in [1.54, 1.807) is 12.1 Å². The maximum Gasteiger partial charge on any atom is 0.310 e. The van der Waals surface area contributed by atoms with Gasteiger partial charge in [-0.25, -0.2) is 0 Å². The maximum atomic E-state index is 11.8. The van der Waals surface area contributed by atoms with E-state index in [-0.39, 0.29) is 12.2 Å². The number of carboxylic acid groups (broad SMARTS) is 1. The second-order valence-corrected chi connectivity index (χ2v) is 8.35. The quantitative estimate of drug-likeness (QED) is 0.419. The molecule has 0 aliphatic carbocycles. The van der Waals surface area contributed by atoms with Gasteiger partial charge in [0.05, 0.1) is 0 Å². The molecule has 0 heterocycles. The number of aliphatic hydroxyl groups is 1. The largest absolute Gasteiger partial charge is 0.481 e. The lowest BCUT2D eigenvalue weighted by atomic mass is 9.94. The first-order chi connectivity index (χ1) is 13.0. The van der Waals surface area contributed by atoms with E-state index in [4.69, 9.17) is 0 Å². The van der Waals surface area contributed by atoms with Gasteiger partial charge in [0.25, 0.3) is 0 Å². The van der Waals surface area contributed by atoms with Crippen LogP contribution in [0.3, 0.4) is 0 Å². The first-order valence-electron chi connectivity index (χ1n) is 8.47. The smallest absolute Gasteiger partial charge is 0.310 e. The zero-order valence-electron chi connectivity index (χ0n) is 14.5. The van der Waals surface area contributed by atoms with Crippen LogP contribution < -0.4 is 0 Å². The molecule has 2 atom stereocenters. The van der Waals surface area contributed by atoms with Crippen LogP contribution in [0.5, 0.6) is 0 Å². The van der Waals surface area contributed by atoms with Gasteiger partial charge in [-0.3, -0.25) is 9.36 Å². The lowest BCUT2D eigenvalue weighted by Crippen LogP contribution is -2.41. The number of hydrogen-bond donors (Lipinski definition) is 2. The molecule has 0 aromatic heterocycles. The fraction of sp³-hybridized carbons (Fsp3) is 0.190. The van der Waals surface area contributed by atoms with Crippen molar-refractivity contribution < 1.29 is 19.6 Å². The molecule has 6 heteroatoms. The Morgan fingerprint density at radius 1 is 1.00 bits per heavy atom.